The molecule has 26 heavy (non-hydrogen) atoms. The van der Waals surface area contributed by atoms with Gasteiger partial charge in [-0.1, -0.05) is 11.6 Å². The van der Waals surface area contributed by atoms with Crippen LogP contribution in [-0.4, -0.2) is 46.5 Å². The van der Waals surface area contributed by atoms with Crippen molar-refractivity contribution in [1.82, 2.24) is 23.8 Å². The van der Waals surface area contributed by atoms with Crippen molar-refractivity contribution in [3.8, 4) is 0 Å². The molecule has 0 saturated carbocycles. The number of halogens is 1. The molecule has 11 heteroatoms. The van der Waals surface area contributed by atoms with E-state index in [-0.39, 0.29) is 11.6 Å². The highest BCUT2D eigenvalue weighted by Gasteiger charge is 2.41. The molecule has 2 aromatic heterocycles. The summed E-state index contributed by atoms with van der Waals surface area (Å²) in [5, 5.41) is 7.03. The molecule has 2 atom stereocenters. The van der Waals surface area contributed by atoms with Gasteiger partial charge in [-0.25, -0.2) is 4.98 Å². The Balaban J connectivity index is 1.88. The highest BCUT2D eigenvalue weighted by molar-refractivity contribution is 7.87. The number of anilines is 1. The number of nitrogens with one attached hydrogen (secondary N) is 2. The summed E-state index contributed by atoms with van der Waals surface area (Å²) in [6.07, 6.45) is 3.51. The smallest absolute Gasteiger partial charge is 0.280 e. The molecular weight excluding hydrogens is 380 g/mol. The van der Waals surface area contributed by atoms with Gasteiger partial charge in [-0.3, -0.25) is 9.48 Å². The van der Waals surface area contributed by atoms with Crippen molar-refractivity contribution in [2.45, 2.75) is 25.4 Å². The quantitative estimate of drug-likeness (QED) is 0.749. The number of nitrogens with zero attached hydrogens (tertiary/aromatic N) is 4. The van der Waals surface area contributed by atoms with Crippen LogP contribution >= 0.6 is 11.6 Å². The topological polar surface area (TPSA) is 109 Å². The molecule has 0 spiro atoms. The van der Waals surface area contributed by atoms with Gasteiger partial charge in [-0.2, -0.15) is 22.5 Å². The second-order valence-corrected chi connectivity index (χ2v) is 8.24. The third-order valence-electron chi connectivity index (χ3n) is 4.31. The third-order valence-corrected chi connectivity index (χ3v) is 6.21. The summed E-state index contributed by atoms with van der Waals surface area (Å²) >= 11 is 5.97. The lowest BCUT2D eigenvalue weighted by atomic mass is 10.00. The largest absolute Gasteiger partial charge is 0.322 e. The molecule has 0 aromatic carbocycles. The number of likely N-dealkylation sites (N-methyl/N-ethyl adjacent to an activating group) is 1. The molecule has 3 rings (SSSR count). The Labute approximate surface area is 156 Å². The molecule has 1 fully saturated rings. The number of hydrogen-bond acceptors (Lipinski definition) is 5. The van der Waals surface area contributed by atoms with E-state index in [2.05, 4.69) is 20.1 Å². The summed E-state index contributed by atoms with van der Waals surface area (Å²) in [5.74, 6) is -0.473. The monoisotopic (exact) mass is 398 g/mol. The number of carbonyl (C=O) groups excluding carboxylic acids is 1. The summed E-state index contributed by atoms with van der Waals surface area (Å²) < 4.78 is 30.2. The van der Waals surface area contributed by atoms with Crippen LogP contribution in [0.1, 0.15) is 23.7 Å². The number of rotatable bonds is 3. The Bertz CT molecular complexity index is 945. The fraction of sp³-hybridized carbons (Fsp3) is 0.400. The van der Waals surface area contributed by atoms with Gasteiger partial charge >= 0.3 is 0 Å². The van der Waals surface area contributed by atoms with E-state index >= 15 is 0 Å². The van der Waals surface area contributed by atoms with Crippen LogP contribution in [0, 0.1) is 6.92 Å². The zero-order valence-corrected chi connectivity index (χ0v) is 16.0. The predicted molar refractivity (Wildman–Crippen MR) is 96.8 cm³/mol. The van der Waals surface area contributed by atoms with Crippen molar-refractivity contribution in [3.63, 3.8) is 0 Å². The highest BCUT2D eigenvalue weighted by atomic mass is 35.5. The molecule has 3 heterocycles. The highest BCUT2D eigenvalue weighted by Crippen LogP contribution is 2.30. The van der Waals surface area contributed by atoms with Gasteiger partial charge in [-0.15, -0.1) is 0 Å². The van der Waals surface area contributed by atoms with E-state index in [1.165, 1.54) is 13.2 Å². The maximum absolute atomic E-state index is 12.7. The van der Waals surface area contributed by atoms with Crippen molar-refractivity contribution in [2.24, 2.45) is 7.05 Å². The van der Waals surface area contributed by atoms with E-state index in [0.717, 1.165) is 9.87 Å². The van der Waals surface area contributed by atoms with Crippen LogP contribution < -0.4 is 10.0 Å². The Kier molecular flexibility index (Phi) is 5.02. The zero-order valence-electron chi connectivity index (χ0n) is 14.5. The van der Waals surface area contributed by atoms with Gasteiger partial charge in [0.1, 0.15) is 6.04 Å². The SMILES string of the molecule is Cc1nn(C)cc1[C@@H]1C[C@H](C(=O)Nc2cccnc2Cl)N(C)S(=O)(=O)N1. The Morgan fingerprint density at radius 3 is 2.77 bits per heavy atom. The van der Waals surface area contributed by atoms with Gasteiger partial charge in [0.15, 0.2) is 5.15 Å². The third kappa shape index (κ3) is 3.58. The minimum absolute atomic E-state index is 0.139. The maximum Gasteiger partial charge on any atom is 0.280 e. The zero-order chi connectivity index (χ0) is 19.1. The Morgan fingerprint density at radius 1 is 1.42 bits per heavy atom. The van der Waals surface area contributed by atoms with Crippen molar-refractivity contribution >= 4 is 33.4 Å². The van der Waals surface area contributed by atoms with Crippen molar-refractivity contribution < 1.29 is 13.2 Å². The van der Waals surface area contributed by atoms with Gasteiger partial charge < -0.3 is 5.32 Å². The number of aryl methyl sites for hydroxylation is 2. The molecule has 0 unspecified atom stereocenters. The van der Waals surface area contributed by atoms with E-state index in [9.17, 15) is 13.2 Å². The first-order chi connectivity index (χ1) is 12.2. The van der Waals surface area contributed by atoms with Crippen molar-refractivity contribution in [3.05, 3.63) is 40.9 Å². The number of hydrogen-bond donors (Lipinski definition) is 2. The summed E-state index contributed by atoms with van der Waals surface area (Å²) in [5.41, 5.74) is 1.78. The van der Waals surface area contributed by atoms with Crippen LogP contribution in [-0.2, 0) is 22.1 Å². The van der Waals surface area contributed by atoms with Gasteiger partial charge in [-0.05, 0) is 25.5 Å². The minimum atomic E-state index is -3.83. The summed E-state index contributed by atoms with van der Waals surface area (Å²) in [6, 6.07) is 1.78. The molecular formula is C15H19ClN6O3S. The normalized spacial score (nSPS) is 22.9. The van der Waals surface area contributed by atoms with E-state index in [4.69, 9.17) is 11.6 Å². The average molecular weight is 399 g/mol. The predicted octanol–water partition coefficient (Wildman–Crippen LogP) is 0.995. The second kappa shape index (κ2) is 6.95. The van der Waals surface area contributed by atoms with Crippen LogP contribution in [0.5, 0.6) is 0 Å². The van der Waals surface area contributed by atoms with Gasteiger partial charge in [0.2, 0.25) is 5.91 Å². The van der Waals surface area contributed by atoms with E-state index in [0.29, 0.717) is 11.4 Å². The molecule has 1 saturated heterocycles. The van der Waals surface area contributed by atoms with Gasteiger partial charge in [0.05, 0.1) is 17.4 Å². The first-order valence-electron chi connectivity index (χ1n) is 7.86. The average Bonchev–Trinajstić information content (AvgIpc) is 2.90. The molecule has 0 aliphatic carbocycles. The van der Waals surface area contributed by atoms with E-state index in [1.54, 1.807) is 37.0 Å². The van der Waals surface area contributed by atoms with Crippen molar-refractivity contribution in [1.29, 1.82) is 0 Å². The summed E-state index contributed by atoms with van der Waals surface area (Å²) in [4.78, 5) is 16.6. The molecule has 2 N–H and O–H groups in total. The molecule has 0 bridgehead atoms. The fourth-order valence-electron chi connectivity index (χ4n) is 2.97. The minimum Gasteiger partial charge on any atom is -0.322 e. The second-order valence-electron chi connectivity index (χ2n) is 6.12. The molecule has 1 aliphatic rings. The summed E-state index contributed by atoms with van der Waals surface area (Å²) in [6.45, 7) is 1.80. The van der Waals surface area contributed by atoms with Gasteiger partial charge in [0.25, 0.3) is 10.2 Å². The lowest BCUT2D eigenvalue weighted by molar-refractivity contribution is -0.120. The first-order valence-corrected chi connectivity index (χ1v) is 9.67. The van der Waals surface area contributed by atoms with Crippen LogP contribution in [0.3, 0.4) is 0 Å². The first kappa shape index (κ1) is 18.8. The lowest BCUT2D eigenvalue weighted by Gasteiger charge is -2.36. The fourth-order valence-corrected chi connectivity index (χ4v) is 4.40. The van der Waals surface area contributed by atoms with Crippen LogP contribution in [0.4, 0.5) is 5.69 Å². The summed E-state index contributed by atoms with van der Waals surface area (Å²) in [7, 11) is -0.703. The number of aromatic nitrogens is 3. The van der Waals surface area contributed by atoms with Crippen LogP contribution in [0.2, 0.25) is 5.15 Å². The number of pyridine rings is 1. The molecule has 0 radical (unpaired) electrons. The number of amides is 1. The van der Waals surface area contributed by atoms with Gasteiger partial charge in [0, 0.05) is 32.1 Å². The molecule has 1 aliphatic heterocycles. The molecule has 2 aromatic rings. The van der Waals surface area contributed by atoms with Crippen LogP contribution in [0.15, 0.2) is 24.5 Å². The standard InChI is InChI=1S/C15H19ClN6O3S/c1-9-10(8-21(2)19-9)12-7-13(22(3)26(24,25)20-12)15(23)18-11-5-4-6-17-14(11)16/h4-6,8,12-13,20H,7H2,1-3H3,(H,18,23)/t12-,13+/m0/s1. The van der Waals surface area contributed by atoms with Crippen LogP contribution in [0.25, 0.3) is 0 Å². The molecule has 1 amide bonds. The molecule has 140 valence electrons. The maximum atomic E-state index is 12.7. The Morgan fingerprint density at radius 2 is 2.15 bits per heavy atom. The van der Waals surface area contributed by atoms with E-state index < -0.39 is 28.2 Å². The lowest BCUT2D eigenvalue weighted by Crippen LogP contribution is -2.56. The van der Waals surface area contributed by atoms with E-state index in [1.807, 2.05) is 0 Å². The van der Waals surface area contributed by atoms with Crippen molar-refractivity contribution in [2.75, 3.05) is 12.4 Å². The Hall–Kier alpha value is -2.01. The number of carbonyl (C=O) groups is 1. The molecule has 9 nitrogen and oxygen atoms in total.